The minimum absolute atomic E-state index is 0.552. The summed E-state index contributed by atoms with van der Waals surface area (Å²) in [6, 6.07) is 5.57. The first-order valence-corrected chi connectivity index (χ1v) is 5.88. The van der Waals surface area contributed by atoms with E-state index in [-0.39, 0.29) is 0 Å². The fourth-order valence-electron chi connectivity index (χ4n) is 2.14. The van der Waals surface area contributed by atoms with E-state index in [0.29, 0.717) is 6.61 Å². The lowest BCUT2D eigenvalue weighted by molar-refractivity contribution is 0.306. The molecule has 2 aliphatic rings. The van der Waals surface area contributed by atoms with Crippen molar-refractivity contribution in [3.8, 4) is 5.75 Å². The van der Waals surface area contributed by atoms with Gasteiger partial charge in [0.15, 0.2) is 0 Å². The van der Waals surface area contributed by atoms with Gasteiger partial charge in [-0.05, 0) is 18.2 Å². The van der Waals surface area contributed by atoms with E-state index in [0.717, 1.165) is 49.1 Å². The van der Waals surface area contributed by atoms with Crippen molar-refractivity contribution in [1.82, 2.24) is 10.2 Å². The van der Waals surface area contributed by atoms with Gasteiger partial charge in [-0.3, -0.25) is 0 Å². The molecule has 2 aliphatic heterocycles. The normalized spacial score (nSPS) is 19.3. The number of ether oxygens (including phenoxy) is 1. The lowest BCUT2D eigenvalue weighted by Crippen LogP contribution is -2.48. The summed E-state index contributed by atoms with van der Waals surface area (Å²) in [5.41, 5.74) is 7.32. The monoisotopic (exact) mass is 232 g/mol. The molecule has 0 unspecified atom stereocenters. The van der Waals surface area contributed by atoms with Crippen LogP contribution >= 0.6 is 0 Å². The molecule has 1 aromatic rings. The van der Waals surface area contributed by atoms with E-state index in [1.54, 1.807) is 0 Å². The zero-order chi connectivity index (χ0) is 11.7. The number of aliphatic imine (C=N–C) groups is 1. The summed E-state index contributed by atoms with van der Waals surface area (Å²) < 4.78 is 5.70. The molecule has 3 N–H and O–H groups in total. The van der Waals surface area contributed by atoms with Crippen LogP contribution in [0.25, 0.3) is 0 Å². The molecule has 2 heterocycles. The predicted molar refractivity (Wildman–Crippen MR) is 67.9 cm³/mol. The number of amidine groups is 1. The zero-order valence-corrected chi connectivity index (χ0v) is 9.65. The zero-order valence-electron chi connectivity index (χ0n) is 9.65. The second-order valence-corrected chi connectivity index (χ2v) is 4.28. The number of nitrogens with zero attached hydrogens (tertiary/aromatic N) is 2. The van der Waals surface area contributed by atoms with Gasteiger partial charge in [0.1, 0.15) is 23.9 Å². The van der Waals surface area contributed by atoms with Crippen molar-refractivity contribution in [2.75, 3.05) is 38.5 Å². The fraction of sp³-hybridized carbons (Fsp3) is 0.417. The van der Waals surface area contributed by atoms with Gasteiger partial charge >= 0.3 is 0 Å². The van der Waals surface area contributed by atoms with Gasteiger partial charge in [0, 0.05) is 31.9 Å². The van der Waals surface area contributed by atoms with Gasteiger partial charge in [0.25, 0.3) is 0 Å². The Bertz CT molecular complexity index is 452. The third-order valence-electron chi connectivity index (χ3n) is 3.07. The highest BCUT2D eigenvalue weighted by molar-refractivity contribution is 5.89. The van der Waals surface area contributed by atoms with Gasteiger partial charge in [0.2, 0.25) is 0 Å². The van der Waals surface area contributed by atoms with Crippen molar-refractivity contribution in [2.45, 2.75) is 0 Å². The average molecular weight is 232 g/mol. The van der Waals surface area contributed by atoms with Crippen molar-refractivity contribution < 1.29 is 4.74 Å². The van der Waals surface area contributed by atoms with Crippen molar-refractivity contribution in [2.24, 2.45) is 4.99 Å². The predicted octanol–water partition coefficient (Wildman–Crippen LogP) is 0.596. The summed E-state index contributed by atoms with van der Waals surface area (Å²) in [5.74, 6) is 1.82. The highest BCUT2D eigenvalue weighted by Crippen LogP contribution is 2.32. The number of fused-ring (bicyclic) bond motifs is 1. The largest absolute Gasteiger partial charge is 0.483 e. The van der Waals surface area contributed by atoms with Gasteiger partial charge < -0.3 is 20.7 Å². The summed E-state index contributed by atoms with van der Waals surface area (Å²) in [7, 11) is 0. The Morgan fingerprint density at radius 3 is 2.94 bits per heavy atom. The van der Waals surface area contributed by atoms with Crippen molar-refractivity contribution in [3.63, 3.8) is 0 Å². The Balaban J connectivity index is 1.87. The van der Waals surface area contributed by atoms with E-state index in [4.69, 9.17) is 10.5 Å². The van der Waals surface area contributed by atoms with E-state index in [1.807, 2.05) is 18.2 Å². The first-order chi connectivity index (χ1) is 8.33. The summed E-state index contributed by atoms with van der Waals surface area (Å²) in [5, 5.41) is 3.32. The Morgan fingerprint density at radius 2 is 2.12 bits per heavy atom. The molecule has 0 radical (unpaired) electrons. The molecule has 3 rings (SSSR count). The Kier molecular flexibility index (Phi) is 2.60. The van der Waals surface area contributed by atoms with Crippen LogP contribution in [0.4, 0.5) is 11.4 Å². The number of nitrogens with one attached hydrogen (secondary N) is 1. The van der Waals surface area contributed by atoms with Crippen LogP contribution in [0.1, 0.15) is 0 Å². The number of hydrogen-bond acceptors (Lipinski definition) is 5. The third-order valence-corrected chi connectivity index (χ3v) is 3.07. The third kappa shape index (κ3) is 2.06. The number of anilines is 1. The van der Waals surface area contributed by atoms with Gasteiger partial charge in [0.05, 0.1) is 0 Å². The summed E-state index contributed by atoms with van der Waals surface area (Å²) in [4.78, 5) is 6.91. The minimum atomic E-state index is 0.552. The van der Waals surface area contributed by atoms with Gasteiger partial charge in [-0.2, -0.15) is 0 Å². The molecule has 0 aromatic heterocycles. The van der Waals surface area contributed by atoms with Crippen LogP contribution < -0.4 is 15.8 Å². The molecule has 17 heavy (non-hydrogen) atoms. The SMILES string of the molecule is Nc1ccc2c(c1)N=C(N1CCNCC1)CO2. The van der Waals surface area contributed by atoms with Crippen LogP contribution in [0.3, 0.4) is 0 Å². The highest BCUT2D eigenvalue weighted by atomic mass is 16.5. The van der Waals surface area contributed by atoms with Gasteiger partial charge in [-0.1, -0.05) is 0 Å². The molecular formula is C12H16N4O. The minimum Gasteiger partial charge on any atom is -0.483 e. The smallest absolute Gasteiger partial charge is 0.146 e. The molecule has 1 aromatic carbocycles. The van der Waals surface area contributed by atoms with E-state index in [2.05, 4.69) is 15.2 Å². The lowest BCUT2D eigenvalue weighted by Gasteiger charge is -2.32. The Hall–Kier alpha value is -1.75. The summed E-state index contributed by atoms with van der Waals surface area (Å²) in [6.45, 7) is 4.53. The molecule has 1 saturated heterocycles. The molecule has 0 aliphatic carbocycles. The van der Waals surface area contributed by atoms with Crippen molar-refractivity contribution in [3.05, 3.63) is 18.2 Å². The van der Waals surface area contributed by atoms with Crippen molar-refractivity contribution in [1.29, 1.82) is 0 Å². The average Bonchev–Trinajstić information content (AvgIpc) is 2.39. The van der Waals surface area contributed by atoms with E-state index in [1.165, 1.54) is 0 Å². The van der Waals surface area contributed by atoms with Gasteiger partial charge in [-0.15, -0.1) is 0 Å². The number of nitrogens with two attached hydrogens (primary N) is 1. The van der Waals surface area contributed by atoms with Crippen LogP contribution in [0.15, 0.2) is 23.2 Å². The standard InChI is InChI=1S/C12H16N4O/c13-9-1-2-11-10(7-9)15-12(8-17-11)16-5-3-14-4-6-16/h1-2,7,14H,3-6,8,13H2. The maximum atomic E-state index is 5.76. The quantitative estimate of drug-likeness (QED) is 0.643. The Labute approximate surface area is 100 Å². The fourth-order valence-corrected chi connectivity index (χ4v) is 2.14. The second-order valence-electron chi connectivity index (χ2n) is 4.28. The molecule has 0 spiro atoms. The van der Waals surface area contributed by atoms with Crippen LogP contribution in [-0.4, -0.2) is 43.5 Å². The molecule has 90 valence electrons. The second kappa shape index (κ2) is 4.25. The number of piperazine rings is 1. The molecular weight excluding hydrogens is 216 g/mol. The molecule has 0 amide bonds. The lowest BCUT2D eigenvalue weighted by atomic mass is 10.2. The summed E-state index contributed by atoms with van der Waals surface area (Å²) >= 11 is 0. The number of nitrogen functional groups attached to an aromatic ring is 1. The number of benzene rings is 1. The first kappa shape index (κ1) is 10.4. The molecule has 1 fully saturated rings. The van der Waals surface area contributed by atoms with Crippen LogP contribution in [-0.2, 0) is 0 Å². The summed E-state index contributed by atoms with van der Waals surface area (Å²) in [6.07, 6.45) is 0. The van der Waals surface area contributed by atoms with E-state index in [9.17, 15) is 0 Å². The first-order valence-electron chi connectivity index (χ1n) is 5.88. The van der Waals surface area contributed by atoms with Gasteiger partial charge in [-0.25, -0.2) is 4.99 Å². The molecule has 0 saturated carbocycles. The topological polar surface area (TPSA) is 62.9 Å². The number of rotatable bonds is 0. The van der Waals surface area contributed by atoms with Crippen molar-refractivity contribution >= 4 is 17.2 Å². The maximum absolute atomic E-state index is 5.76. The molecule has 5 nitrogen and oxygen atoms in total. The Morgan fingerprint density at radius 1 is 1.29 bits per heavy atom. The molecule has 5 heteroatoms. The highest BCUT2D eigenvalue weighted by Gasteiger charge is 2.19. The van der Waals surface area contributed by atoms with Crippen LogP contribution in [0.5, 0.6) is 5.75 Å². The molecule has 0 bridgehead atoms. The van der Waals surface area contributed by atoms with Crippen LogP contribution in [0.2, 0.25) is 0 Å². The van der Waals surface area contributed by atoms with Crippen LogP contribution in [0, 0.1) is 0 Å². The molecule has 0 atom stereocenters. The number of hydrogen-bond donors (Lipinski definition) is 2. The maximum Gasteiger partial charge on any atom is 0.146 e. The van der Waals surface area contributed by atoms with E-state index < -0.39 is 0 Å². The van der Waals surface area contributed by atoms with E-state index >= 15 is 0 Å².